The van der Waals surface area contributed by atoms with Crippen LogP contribution in [-0.2, 0) is 5.41 Å². The van der Waals surface area contributed by atoms with Gasteiger partial charge in [0.05, 0.1) is 11.0 Å². The van der Waals surface area contributed by atoms with Gasteiger partial charge in [0.25, 0.3) is 0 Å². The van der Waals surface area contributed by atoms with Gasteiger partial charge in [0.2, 0.25) is 0 Å². The molecule has 2 aromatic heterocycles. The van der Waals surface area contributed by atoms with Crippen molar-refractivity contribution >= 4 is 43.4 Å². The number of rotatable bonds is 4. The lowest BCUT2D eigenvalue weighted by atomic mass is 9.82. The fraction of sp³-hybridized carbons (Fsp3) is 0.0600. The Kier molecular flexibility index (Phi) is 6.56. The van der Waals surface area contributed by atoms with Gasteiger partial charge in [-0.05, 0) is 74.1 Å². The molecule has 2 heterocycles. The average Bonchev–Trinajstić information content (AvgIpc) is 3.70. The van der Waals surface area contributed by atoms with Crippen LogP contribution in [0.25, 0.3) is 94.3 Å². The monoisotopic (exact) mass is 690 g/mol. The molecule has 0 fully saturated rings. The van der Waals surface area contributed by atoms with E-state index in [1.807, 2.05) is 36.4 Å². The summed E-state index contributed by atoms with van der Waals surface area (Å²) in [4.78, 5) is 15.1. The summed E-state index contributed by atoms with van der Waals surface area (Å²) in [6.07, 6.45) is 0. The quantitative estimate of drug-likeness (QED) is 0.185. The lowest BCUT2D eigenvalue weighted by Crippen LogP contribution is -2.15. The predicted molar refractivity (Wildman–Crippen MR) is 223 cm³/mol. The zero-order valence-corrected chi connectivity index (χ0v) is 30.0. The van der Waals surface area contributed by atoms with Crippen LogP contribution in [0, 0.1) is 0 Å². The molecule has 254 valence electrons. The van der Waals surface area contributed by atoms with Crippen LogP contribution in [0.3, 0.4) is 0 Å². The lowest BCUT2D eigenvalue weighted by molar-refractivity contribution is 0.660. The smallest absolute Gasteiger partial charge is 0.164 e. The minimum Gasteiger partial charge on any atom is -0.309 e. The minimum atomic E-state index is -0.168. The van der Waals surface area contributed by atoms with E-state index in [0.29, 0.717) is 17.5 Å². The van der Waals surface area contributed by atoms with Gasteiger partial charge in [0.1, 0.15) is 0 Å². The maximum absolute atomic E-state index is 5.07. The SMILES string of the molecule is CC1(C)c2ccc(-c3nc(-c4ccccc4)nc(-c4ccccc4)n3)cc2-c2cc(-n3c4ccc5ccccc5c4c4c5ccccc5ccc43)ccc21. The summed E-state index contributed by atoms with van der Waals surface area (Å²) >= 11 is 0. The molecule has 10 aromatic rings. The van der Waals surface area contributed by atoms with Gasteiger partial charge >= 0.3 is 0 Å². The van der Waals surface area contributed by atoms with Gasteiger partial charge in [-0.3, -0.25) is 0 Å². The Morgan fingerprint density at radius 3 is 1.43 bits per heavy atom. The summed E-state index contributed by atoms with van der Waals surface area (Å²) in [6, 6.07) is 60.7. The molecule has 11 rings (SSSR count). The van der Waals surface area contributed by atoms with Crippen molar-refractivity contribution in [2.24, 2.45) is 0 Å². The Hall–Kier alpha value is -6.91. The van der Waals surface area contributed by atoms with E-state index in [0.717, 1.165) is 22.4 Å². The van der Waals surface area contributed by atoms with Crippen molar-refractivity contribution in [3.63, 3.8) is 0 Å². The third-order valence-corrected chi connectivity index (χ3v) is 11.4. The number of benzene rings is 8. The van der Waals surface area contributed by atoms with E-state index in [9.17, 15) is 0 Å². The van der Waals surface area contributed by atoms with Crippen molar-refractivity contribution in [3.05, 3.63) is 181 Å². The number of nitrogens with zero attached hydrogens (tertiary/aromatic N) is 4. The minimum absolute atomic E-state index is 0.168. The Balaban J connectivity index is 1.13. The highest BCUT2D eigenvalue weighted by Gasteiger charge is 2.36. The first kappa shape index (κ1) is 30.7. The molecule has 1 aliphatic carbocycles. The summed E-state index contributed by atoms with van der Waals surface area (Å²) in [6.45, 7) is 4.67. The maximum Gasteiger partial charge on any atom is 0.164 e. The molecule has 4 heteroatoms. The van der Waals surface area contributed by atoms with E-state index in [1.165, 1.54) is 65.6 Å². The van der Waals surface area contributed by atoms with Crippen molar-refractivity contribution in [3.8, 4) is 51.0 Å². The van der Waals surface area contributed by atoms with Crippen molar-refractivity contribution < 1.29 is 0 Å². The molecular weight excluding hydrogens is 657 g/mol. The van der Waals surface area contributed by atoms with Crippen LogP contribution >= 0.6 is 0 Å². The van der Waals surface area contributed by atoms with Crippen LogP contribution in [0.4, 0.5) is 0 Å². The molecule has 0 N–H and O–H groups in total. The molecule has 8 aromatic carbocycles. The van der Waals surface area contributed by atoms with Gasteiger partial charge in [-0.2, -0.15) is 0 Å². The second-order valence-electron chi connectivity index (χ2n) is 14.9. The first-order chi connectivity index (χ1) is 26.5. The molecular formula is C50H34N4. The van der Waals surface area contributed by atoms with Gasteiger partial charge in [0, 0.05) is 38.6 Å². The van der Waals surface area contributed by atoms with E-state index in [2.05, 4.69) is 152 Å². The molecule has 54 heavy (non-hydrogen) atoms. The molecule has 0 amide bonds. The highest BCUT2D eigenvalue weighted by Crippen LogP contribution is 2.51. The number of hydrogen-bond acceptors (Lipinski definition) is 3. The zero-order chi connectivity index (χ0) is 36.0. The van der Waals surface area contributed by atoms with Crippen LogP contribution < -0.4 is 0 Å². The van der Waals surface area contributed by atoms with Gasteiger partial charge in [-0.25, -0.2) is 15.0 Å². The second-order valence-corrected chi connectivity index (χ2v) is 14.9. The van der Waals surface area contributed by atoms with Crippen molar-refractivity contribution in [2.75, 3.05) is 0 Å². The molecule has 1 aliphatic rings. The molecule has 0 unspecified atom stereocenters. The first-order valence-corrected chi connectivity index (χ1v) is 18.5. The molecule has 0 saturated heterocycles. The van der Waals surface area contributed by atoms with Crippen molar-refractivity contribution in [1.82, 2.24) is 19.5 Å². The van der Waals surface area contributed by atoms with Gasteiger partial charge in [0.15, 0.2) is 17.5 Å². The van der Waals surface area contributed by atoms with E-state index in [4.69, 9.17) is 15.0 Å². The van der Waals surface area contributed by atoms with E-state index >= 15 is 0 Å². The summed E-state index contributed by atoms with van der Waals surface area (Å²) in [5.74, 6) is 1.98. The normalized spacial score (nSPS) is 13.1. The maximum atomic E-state index is 5.07. The average molecular weight is 691 g/mol. The topological polar surface area (TPSA) is 43.6 Å². The van der Waals surface area contributed by atoms with E-state index in [1.54, 1.807) is 0 Å². The summed E-state index contributed by atoms with van der Waals surface area (Å²) < 4.78 is 2.46. The van der Waals surface area contributed by atoms with Crippen LogP contribution in [0.1, 0.15) is 25.0 Å². The fourth-order valence-electron chi connectivity index (χ4n) is 8.80. The molecule has 0 spiro atoms. The lowest BCUT2D eigenvalue weighted by Gasteiger charge is -2.21. The number of fused-ring (bicyclic) bond motifs is 10. The summed E-state index contributed by atoms with van der Waals surface area (Å²) in [7, 11) is 0. The number of hydrogen-bond donors (Lipinski definition) is 0. The molecule has 0 aliphatic heterocycles. The Morgan fingerprint density at radius 1 is 0.407 bits per heavy atom. The van der Waals surface area contributed by atoms with Crippen LogP contribution in [0.15, 0.2) is 170 Å². The second kappa shape index (κ2) is 11.5. The third-order valence-electron chi connectivity index (χ3n) is 11.4. The van der Waals surface area contributed by atoms with Crippen molar-refractivity contribution in [1.29, 1.82) is 0 Å². The van der Waals surface area contributed by atoms with Crippen LogP contribution in [-0.4, -0.2) is 19.5 Å². The third kappa shape index (κ3) is 4.53. The first-order valence-electron chi connectivity index (χ1n) is 18.5. The Labute approximate surface area is 313 Å². The molecule has 0 atom stereocenters. The zero-order valence-electron chi connectivity index (χ0n) is 30.0. The molecule has 0 radical (unpaired) electrons. The standard InChI is InChI=1S/C50H34N4/c1-50(2)41-25-21-35(49-52-47(33-15-5-3-6-16-33)51-48(53-49)34-17-7-4-8-18-34)29-39(41)40-30-36(24-26-42(40)50)54-43-27-22-31-13-9-11-19-37(31)45(43)46-38-20-12-10-14-32(38)23-28-44(46)54/h3-30H,1-2H3. The Bertz CT molecular complexity index is 2970. The Morgan fingerprint density at radius 2 is 0.870 bits per heavy atom. The largest absolute Gasteiger partial charge is 0.309 e. The summed E-state index contributed by atoms with van der Waals surface area (Å²) in [5, 5.41) is 7.63. The highest BCUT2D eigenvalue weighted by atomic mass is 15.0. The van der Waals surface area contributed by atoms with Gasteiger partial charge in [-0.1, -0.05) is 153 Å². The van der Waals surface area contributed by atoms with Crippen LogP contribution in [0.5, 0.6) is 0 Å². The fourth-order valence-corrected chi connectivity index (χ4v) is 8.80. The number of aromatic nitrogens is 4. The van der Waals surface area contributed by atoms with E-state index in [-0.39, 0.29) is 5.41 Å². The van der Waals surface area contributed by atoms with Crippen molar-refractivity contribution in [2.45, 2.75) is 19.3 Å². The molecule has 0 bridgehead atoms. The van der Waals surface area contributed by atoms with Gasteiger partial charge in [-0.15, -0.1) is 0 Å². The van der Waals surface area contributed by atoms with Gasteiger partial charge < -0.3 is 4.57 Å². The van der Waals surface area contributed by atoms with Crippen LogP contribution in [0.2, 0.25) is 0 Å². The highest BCUT2D eigenvalue weighted by molar-refractivity contribution is 6.28. The molecule has 0 saturated carbocycles. The van der Waals surface area contributed by atoms with E-state index < -0.39 is 0 Å². The predicted octanol–water partition coefficient (Wildman–Crippen LogP) is 12.6. The summed E-state index contributed by atoms with van der Waals surface area (Å²) in [5.41, 5.74) is 11.4. The molecule has 4 nitrogen and oxygen atoms in total.